The number of amidine groups is 1. The number of halogens is 6. The number of nitrogens with zero attached hydrogens (tertiary/aromatic N) is 5. The molecule has 0 spiro atoms. The molecule has 4 atom stereocenters. The van der Waals surface area contributed by atoms with E-state index < -0.39 is 16.6 Å². The zero-order valence-corrected chi connectivity index (χ0v) is 54.6. The van der Waals surface area contributed by atoms with Crippen molar-refractivity contribution in [1.82, 2.24) is 16.0 Å². The Labute approximate surface area is 495 Å². The van der Waals surface area contributed by atoms with Crippen LogP contribution in [-0.4, -0.2) is 178 Å². The maximum atomic E-state index is 12.7. The standard InChI is InChI=1S/C18H38N6O.C17H38N4O.C16H35N5O.6ClH/c1-6-24(5,7-2)14-13-22-16(25)18(4,23-17(20)21)12-10-8-9-11-15(3)19;1-6-21(5,7-2)14-13-20-16(22)17(4,19)12-10-8-9-11-15(3)18;1-6-21(5,7-2)13-12-19-15(22)16(4,20-14(3)18)10-8-9-11-17;;;;;;/h19H,6-14H2,1-5H3,(H4-,20,21,22,23,25);15H,6-14,18-19H2,1-5H3;6-13,17H2,1-5H3,(H2-,18,19,20,22);6*1H/p+2. The molecular formula is C51H119Cl6N15O3+2. The minimum atomic E-state index is -0.930. The quantitative estimate of drug-likeness (QED) is 0.0191. The lowest BCUT2D eigenvalue weighted by atomic mass is 9.93. The van der Waals surface area contributed by atoms with Crippen LogP contribution in [0.25, 0.3) is 0 Å². The number of quaternary nitrogens is 3. The first-order valence-corrected chi connectivity index (χ1v) is 26.5. The van der Waals surface area contributed by atoms with Gasteiger partial charge in [-0.3, -0.25) is 19.4 Å². The zero-order valence-electron chi connectivity index (χ0n) is 49.8. The molecule has 456 valence electrons. The van der Waals surface area contributed by atoms with E-state index in [1.165, 1.54) is 0 Å². The predicted octanol–water partition coefficient (Wildman–Crippen LogP) is 3.18. The lowest BCUT2D eigenvalue weighted by Gasteiger charge is -2.33. The predicted molar refractivity (Wildman–Crippen MR) is 330 cm³/mol. The van der Waals surface area contributed by atoms with E-state index in [0.29, 0.717) is 50.6 Å². The van der Waals surface area contributed by atoms with Crippen LogP contribution in [0.3, 0.4) is 0 Å². The molecule has 0 fully saturated rings. The Morgan fingerprint density at radius 2 is 0.893 bits per heavy atom. The topological polar surface area (TPSA) is 292 Å². The fourth-order valence-corrected chi connectivity index (χ4v) is 7.53. The number of guanidine groups is 1. The zero-order chi connectivity index (χ0) is 54.0. The van der Waals surface area contributed by atoms with Gasteiger partial charge in [0.1, 0.15) is 11.1 Å². The van der Waals surface area contributed by atoms with Crippen LogP contribution in [0.2, 0.25) is 0 Å². The van der Waals surface area contributed by atoms with Crippen LogP contribution < -0.4 is 62.8 Å². The van der Waals surface area contributed by atoms with E-state index in [1.54, 1.807) is 13.8 Å². The first-order valence-electron chi connectivity index (χ1n) is 26.5. The fourth-order valence-electron chi connectivity index (χ4n) is 7.53. The fraction of sp³-hybridized carbons (Fsp3) is 0.882. The lowest BCUT2D eigenvalue weighted by Crippen LogP contribution is -3.00. The maximum absolute atomic E-state index is 12.7. The summed E-state index contributed by atoms with van der Waals surface area (Å²) in [6.07, 6.45) is 11.5. The molecule has 16 N–H and O–H groups in total. The molecule has 0 rings (SSSR count). The van der Waals surface area contributed by atoms with Gasteiger partial charge in [0.05, 0.1) is 111 Å². The van der Waals surface area contributed by atoms with Gasteiger partial charge in [0.2, 0.25) is 17.7 Å². The average Bonchev–Trinajstić information content (AvgIpc) is 3.28. The number of rotatable bonds is 36. The molecule has 24 heteroatoms. The van der Waals surface area contributed by atoms with Gasteiger partial charge in [0.15, 0.2) is 5.96 Å². The molecular weight excluding hydrogens is 1080 g/mol. The molecule has 0 saturated carbocycles. The van der Waals surface area contributed by atoms with Gasteiger partial charge >= 0.3 is 0 Å². The summed E-state index contributed by atoms with van der Waals surface area (Å²) in [5.41, 5.74) is 32.4. The number of carbonyl (C=O) groups is 3. The largest absolute Gasteiger partial charge is 1.00 e. The molecule has 0 saturated heterocycles. The molecule has 0 heterocycles. The summed E-state index contributed by atoms with van der Waals surface area (Å²) >= 11 is 0. The number of amides is 3. The highest BCUT2D eigenvalue weighted by Crippen LogP contribution is 2.22. The van der Waals surface area contributed by atoms with E-state index in [4.69, 9.17) is 39.8 Å². The number of unbranched alkanes of at least 4 members (excludes halogenated alkanes) is 5. The molecule has 0 radical (unpaired) electrons. The Hall–Kier alpha value is -1.68. The van der Waals surface area contributed by atoms with Crippen molar-refractivity contribution in [2.75, 3.05) is 106 Å². The number of nitrogens with one attached hydrogen (secondary N) is 4. The number of carbonyl (C=O) groups excluding carboxylic acids is 3. The van der Waals surface area contributed by atoms with Crippen molar-refractivity contribution in [3.05, 3.63) is 0 Å². The van der Waals surface area contributed by atoms with Crippen LogP contribution in [0.4, 0.5) is 0 Å². The highest BCUT2D eigenvalue weighted by Gasteiger charge is 2.34. The van der Waals surface area contributed by atoms with Crippen molar-refractivity contribution in [3.63, 3.8) is 0 Å². The molecule has 0 aromatic rings. The molecule has 4 unspecified atom stereocenters. The number of hydrogen-bond donors (Lipinski definition) is 10. The molecule has 0 aliphatic carbocycles. The van der Waals surface area contributed by atoms with Gasteiger partial charge in [-0.05, 0) is 141 Å². The van der Waals surface area contributed by atoms with E-state index >= 15 is 0 Å². The monoisotopic (exact) mass is 1200 g/mol. The molecule has 18 nitrogen and oxygen atoms in total. The molecule has 0 aromatic heterocycles. The summed E-state index contributed by atoms with van der Waals surface area (Å²) in [7, 11) is 6.60. The van der Waals surface area contributed by atoms with Crippen molar-refractivity contribution in [2.24, 2.45) is 44.4 Å². The van der Waals surface area contributed by atoms with Crippen molar-refractivity contribution in [1.29, 1.82) is 5.41 Å². The van der Waals surface area contributed by atoms with Crippen LogP contribution in [-0.2, 0) is 14.4 Å². The number of nitrogens with two attached hydrogens (primary N) is 6. The van der Waals surface area contributed by atoms with E-state index in [2.05, 4.69) is 88.6 Å². The minimum Gasteiger partial charge on any atom is -1.00 e. The van der Waals surface area contributed by atoms with Crippen LogP contribution in [0, 0.1) is 5.41 Å². The van der Waals surface area contributed by atoms with Gasteiger partial charge in [-0.1, -0.05) is 32.1 Å². The molecule has 3 amide bonds. The summed E-state index contributed by atoms with van der Waals surface area (Å²) < 4.78 is 2.84. The second kappa shape index (κ2) is 49.4. The average molecular weight is 1200 g/mol. The van der Waals surface area contributed by atoms with Crippen LogP contribution in [0.1, 0.15) is 167 Å². The first kappa shape index (κ1) is 92.7. The third-order valence-electron chi connectivity index (χ3n) is 14.4. The maximum Gasteiger partial charge on any atom is 0.247 e. The Bertz CT molecular complexity index is 1500. The van der Waals surface area contributed by atoms with Crippen molar-refractivity contribution in [3.8, 4) is 0 Å². The summed E-state index contributed by atoms with van der Waals surface area (Å²) in [6.45, 7) is 35.7. The van der Waals surface area contributed by atoms with Crippen LogP contribution in [0.15, 0.2) is 9.98 Å². The van der Waals surface area contributed by atoms with Crippen LogP contribution in [0.5, 0.6) is 0 Å². The van der Waals surface area contributed by atoms with Gasteiger partial charge in [0.25, 0.3) is 0 Å². The second-order valence-corrected chi connectivity index (χ2v) is 21.1. The lowest BCUT2D eigenvalue weighted by molar-refractivity contribution is -0.904. The van der Waals surface area contributed by atoms with E-state index in [0.717, 1.165) is 143 Å². The van der Waals surface area contributed by atoms with E-state index in [9.17, 15) is 14.4 Å². The van der Waals surface area contributed by atoms with Gasteiger partial charge < -0.3 is 81.6 Å². The molecule has 0 aromatic carbocycles. The summed E-state index contributed by atoms with van der Waals surface area (Å²) in [5, 5.41) is 16.5. The summed E-state index contributed by atoms with van der Waals surface area (Å²) in [5.74, 6) is 0.179. The third kappa shape index (κ3) is 44.8. The summed E-state index contributed by atoms with van der Waals surface area (Å²) in [6, 6.07) is 0.261. The molecule has 0 aliphatic heterocycles. The van der Waals surface area contributed by atoms with E-state index in [-0.39, 0.29) is 104 Å². The highest BCUT2D eigenvalue weighted by molar-refractivity contribution is 5.90. The van der Waals surface area contributed by atoms with Gasteiger partial charge in [-0.15, -0.1) is 62.0 Å². The Balaban J connectivity index is -0.000000120. The molecule has 0 aliphatic rings. The number of aliphatic imine (C=N–C) groups is 2. The third-order valence-corrected chi connectivity index (χ3v) is 14.4. The SMILES string of the molecule is CC[N+](C)(CC)CCNC(=O)C(C)(CCCCCC(C)=N)N=C(N)N.CC[N+](C)(CC)CCNC(=O)C(C)(CCCCN)N=C(C)N.CC[N+](C)(CC)CCNC(=O)C(C)(N)CCCCCC(C)N.Cl.Cl.Cl.Cl.Cl.[Cl-]. The Morgan fingerprint density at radius 1 is 0.560 bits per heavy atom. The van der Waals surface area contributed by atoms with Gasteiger partial charge in [-0.2, -0.15) is 0 Å². The number of likely N-dealkylation sites (N-methyl/N-ethyl adjacent to an activating group) is 3. The second-order valence-electron chi connectivity index (χ2n) is 21.1. The highest BCUT2D eigenvalue weighted by atomic mass is 35.5. The first-order chi connectivity index (χ1) is 32.0. The van der Waals surface area contributed by atoms with E-state index in [1.807, 2.05) is 27.7 Å². The summed E-state index contributed by atoms with van der Waals surface area (Å²) in [4.78, 5) is 46.0. The Kier molecular flexibility index (Phi) is 61.0. The number of hydrogen-bond acceptors (Lipinski definition) is 9. The van der Waals surface area contributed by atoms with Crippen molar-refractivity contribution >= 4 is 97.3 Å². The minimum absolute atomic E-state index is 0. The van der Waals surface area contributed by atoms with Crippen molar-refractivity contribution in [2.45, 2.75) is 189 Å². The normalized spacial score (nSPS) is 13.9. The van der Waals surface area contributed by atoms with Gasteiger partial charge in [-0.25, -0.2) is 4.99 Å². The van der Waals surface area contributed by atoms with Crippen LogP contribution >= 0.6 is 62.0 Å². The van der Waals surface area contributed by atoms with Gasteiger partial charge in [0, 0.05) is 11.8 Å². The van der Waals surface area contributed by atoms with Crippen molar-refractivity contribution < 1.29 is 40.2 Å². The Morgan fingerprint density at radius 3 is 1.21 bits per heavy atom. The molecule has 75 heavy (non-hydrogen) atoms. The smallest absolute Gasteiger partial charge is 0.247 e. The molecule has 0 bridgehead atoms.